The standard InChI is InChI=1S/C26H29Cl3O8S7/c27-17-18(28)21(31)22(19(29)20(17)30)37-10-9-35-6-5-33-2-1-32-3-4-34-7-8-36-11-12-38-16-15-41-25(42-16)26-43-23-24(44-26)40-14-13-39-23/h15H,1-14H2. The summed E-state index contributed by atoms with van der Waals surface area (Å²) in [4.78, 5) is 23.8. The van der Waals surface area contributed by atoms with E-state index in [1.807, 2.05) is 82.3 Å². The molecule has 0 spiro atoms. The van der Waals surface area contributed by atoms with Gasteiger partial charge in [0.05, 0.1) is 87.3 Å². The smallest absolute Gasteiger partial charge is 0.242 e. The molecule has 3 heterocycles. The van der Waals surface area contributed by atoms with Crippen LogP contribution in [-0.4, -0.2) is 102 Å². The average Bonchev–Trinajstić information content (AvgIpc) is 3.69. The normalized spacial score (nSPS) is 19.1. The zero-order valence-corrected chi connectivity index (χ0v) is 31.2. The largest absolute Gasteiger partial charge is 0.485 e. The Hall–Kier alpha value is 0.960. The molecule has 0 atom stereocenters. The molecule has 244 valence electrons. The lowest BCUT2D eigenvalue weighted by atomic mass is 10.1. The Morgan fingerprint density at radius 1 is 0.591 bits per heavy atom. The predicted octanol–water partition coefficient (Wildman–Crippen LogP) is 7.60. The molecule has 0 saturated carbocycles. The summed E-state index contributed by atoms with van der Waals surface area (Å²) in [5.41, 5.74) is 0. The summed E-state index contributed by atoms with van der Waals surface area (Å²) in [5.74, 6) is 1.54. The summed E-state index contributed by atoms with van der Waals surface area (Å²) >= 11 is 30.7. The zero-order chi connectivity index (χ0) is 31.1. The van der Waals surface area contributed by atoms with Crippen LogP contribution in [0.15, 0.2) is 47.4 Å². The molecule has 3 aliphatic heterocycles. The molecule has 0 fully saturated rings. The van der Waals surface area contributed by atoms with Gasteiger partial charge in [0, 0.05) is 17.3 Å². The third-order valence-corrected chi connectivity index (χ3v) is 16.5. The highest BCUT2D eigenvalue weighted by atomic mass is 35.5. The number of carbonyl (C=O) groups excluding carboxylic acids is 2. The highest BCUT2D eigenvalue weighted by Crippen LogP contribution is 2.64. The molecule has 44 heavy (non-hydrogen) atoms. The van der Waals surface area contributed by atoms with Gasteiger partial charge >= 0.3 is 0 Å². The number of ether oxygens (including phenoxy) is 6. The van der Waals surface area contributed by atoms with E-state index in [1.54, 1.807) is 0 Å². The van der Waals surface area contributed by atoms with Crippen LogP contribution in [0.25, 0.3) is 0 Å². The maximum Gasteiger partial charge on any atom is 0.242 e. The molecule has 0 bridgehead atoms. The number of allylic oxidation sites excluding steroid dienone is 3. The molecule has 0 N–H and O–H groups in total. The highest BCUT2D eigenvalue weighted by Gasteiger charge is 2.34. The molecule has 8 nitrogen and oxygen atoms in total. The highest BCUT2D eigenvalue weighted by molar-refractivity contribution is 8.43. The predicted molar refractivity (Wildman–Crippen MR) is 192 cm³/mol. The van der Waals surface area contributed by atoms with Crippen LogP contribution in [0.4, 0.5) is 0 Å². The van der Waals surface area contributed by atoms with Gasteiger partial charge in [-0.05, 0) is 5.41 Å². The van der Waals surface area contributed by atoms with Crippen molar-refractivity contribution in [3.63, 3.8) is 0 Å². The summed E-state index contributed by atoms with van der Waals surface area (Å²) in [6.07, 6.45) is 0. The second-order valence-corrected chi connectivity index (χ2v) is 18.1. The lowest BCUT2D eigenvalue weighted by Crippen LogP contribution is -2.21. The molecule has 0 radical (unpaired) electrons. The Labute approximate surface area is 301 Å². The van der Waals surface area contributed by atoms with E-state index in [0.717, 1.165) is 5.75 Å². The number of rotatable bonds is 20. The van der Waals surface area contributed by atoms with E-state index >= 15 is 0 Å². The first-order chi connectivity index (χ1) is 21.5. The Kier molecular flexibility index (Phi) is 18.1. The molecule has 0 unspecified atom stereocenters. The van der Waals surface area contributed by atoms with Crippen molar-refractivity contribution >= 4 is 129 Å². The number of carbonyl (C=O) groups is 2. The quantitative estimate of drug-likeness (QED) is 0.0894. The van der Waals surface area contributed by atoms with Crippen LogP contribution < -0.4 is 0 Å². The van der Waals surface area contributed by atoms with Crippen molar-refractivity contribution in [2.45, 2.75) is 0 Å². The van der Waals surface area contributed by atoms with Gasteiger partial charge in [-0.15, -0.1) is 35.3 Å². The van der Waals surface area contributed by atoms with Crippen LogP contribution in [0.5, 0.6) is 0 Å². The first-order valence-electron chi connectivity index (χ1n) is 13.3. The lowest BCUT2D eigenvalue weighted by molar-refractivity contribution is -0.118. The number of hydrogen-bond acceptors (Lipinski definition) is 15. The van der Waals surface area contributed by atoms with Gasteiger partial charge in [0.1, 0.15) is 21.7 Å². The van der Waals surface area contributed by atoms with Crippen molar-refractivity contribution in [1.82, 2.24) is 0 Å². The zero-order valence-electron chi connectivity index (χ0n) is 23.2. The number of halogens is 3. The first kappa shape index (κ1) is 37.8. The average molecular weight is 800 g/mol. The topological polar surface area (TPSA) is 89.5 Å². The number of Topliss-reactive ketones (excluding diaryl/α,β-unsaturated/α-hetero) is 2. The molecular formula is C26H29Cl3O8S7. The fraction of sp³-hybridized carbons (Fsp3) is 0.538. The molecule has 0 amide bonds. The molecule has 18 heteroatoms. The minimum Gasteiger partial charge on any atom is -0.485 e. The van der Waals surface area contributed by atoms with Crippen molar-refractivity contribution in [3.8, 4) is 0 Å². The number of thioether (sulfide) groups is 7. The summed E-state index contributed by atoms with van der Waals surface area (Å²) in [5, 5.41) is 1.03. The van der Waals surface area contributed by atoms with Crippen LogP contribution >= 0.6 is 117 Å². The third kappa shape index (κ3) is 12.1. The van der Waals surface area contributed by atoms with Crippen molar-refractivity contribution in [2.75, 3.05) is 89.9 Å². The summed E-state index contributed by atoms with van der Waals surface area (Å²) in [6, 6.07) is 0. The molecule has 0 aromatic rings. The number of ketones is 2. The first-order valence-corrected chi connectivity index (χ1v) is 20.7. The Bertz CT molecular complexity index is 1190. The van der Waals surface area contributed by atoms with E-state index < -0.39 is 26.7 Å². The van der Waals surface area contributed by atoms with Crippen LogP contribution in [-0.2, 0) is 38.0 Å². The lowest BCUT2D eigenvalue weighted by Gasteiger charge is -2.15. The summed E-state index contributed by atoms with van der Waals surface area (Å²) < 4.78 is 40.0. The second kappa shape index (κ2) is 21.1. The minimum absolute atomic E-state index is 0.00644. The molecule has 4 aliphatic rings. The van der Waals surface area contributed by atoms with Gasteiger partial charge in [-0.25, -0.2) is 0 Å². The van der Waals surface area contributed by atoms with E-state index in [4.69, 9.17) is 63.2 Å². The van der Waals surface area contributed by atoms with Crippen molar-refractivity contribution in [3.05, 3.63) is 47.4 Å². The maximum atomic E-state index is 12.0. The van der Waals surface area contributed by atoms with E-state index in [-0.39, 0.29) is 19.0 Å². The fourth-order valence-electron chi connectivity index (χ4n) is 3.31. The second-order valence-electron chi connectivity index (χ2n) is 8.40. The summed E-state index contributed by atoms with van der Waals surface area (Å²) in [6.45, 7) is 4.47. The molecule has 0 saturated heterocycles. The Morgan fingerprint density at radius 3 is 1.66 bits per heavy atom. The van der Waals surface area contributed by atoms with E-state index in [1.165, 1.54) is 32.7 Å². The van der Waals surface area contributed by atoms with Crippen LogP contribution in [0.3, 0.4) is 0 Å². The number of hydrogen-bond donors (Lipinski definition) is 0. The molecule has 4 rings (SSSR count). The van der Waals surface area contributed by atoms with Crippen molar-refractivity contribution < 1.29 is 38.0 Å². The molecule has 1 aliphatic carbocycles. The summed E-state index contributed by atoms with van der Waals surface area (Å²) in [7, 11) is 0. The van der Waals surface area contributed by atoms with E-state index in [9.17, 15) is 9.59 Å². The van der Waals surface area contributed by atoms with Gasteiger partial charge in [-0.2, -0.15) is 0 Å². The minimum atomic E-state index is -0.749. The van der Waals surface area contributed by atoms with Crippen LogP contribution in [0, 0.1) is 0 Å². The van der Waals surface area contributed by atoms with Gasteiger partial charge in [-0.3, -0.25) is 9.59 Å². The molecule has 0 aromatic carbocycles. The van der Waals surface area contributed by atoms with Crippen LogP contribution in [0.2, 0.25) is 0 Å². The van der Waals surface area contributed by atoms with Gasteiger partial charge < -0.3 is 28.4 Å². The van der Waals surface area contributed by atoms with Gasteiger partial charge in [0.25, 0.3) is 0 Å². The van der Waals surface area contributed by atoms with E-state index in [2.05, 4.69) is 5.41 Å². The SMILES string of the molecule is O=C1C(Cl)=C(Cl)C(=O)C(OCCOCCOCCOCCOCCOCCSC2=CSC(=C3SC4=C(SCCS4)S3)S2)=C1Cl. The van der Waals surface area contributed by atoms with Crippen molar-refractivity contribution in [2.24, 2.45) is 0 Å². The maximum absolute atomic E-state index is 12.0. The Balaban J connectivity index is 0.874. The van der Waals surface area contributed by atoms with Crippen molar-refractivity contribution in [1.29, 1.82) is 0 Å². The van der Waals surface area contributed by atoms with Gasteiger partial charge in [-0.1, -0.05) is 81.9 Å². The molecule has 0 aromatic heterocycles. The van der Waals surface area contributed by atoms with Gasteiger partial charge in [0.15, 0.2) is 5.76 Å². The monoisotopic (exact) mass is 798 g/mol. The van der Waals surface area contributed by atoms with Crippen LogP contribution in [0.1, 0.15) is 0 Å². The van der Waals surface area contributed by atoms with E-state index in [0.29, 0.717) is 59.5 Å². The third-order valence-electron chi connectivity index (χ3n) is 5.34. The fourth-order valence-corrected chi connectivity index (χ4v) is 13.8. The molecular weight excluding hydrogens is 771 g/mol. The Morgan fingerprint density at radius 2 is 1.09 bits per heavy atom. The van der Waals surface area contributed by atoms with Gasteiger partial charge in [0.2, 0.25) is 11.6 Å².